The molecule has 0 saturated heterocycles. The molecule has 1 rings (SSSR count). The van der Waals surface area contributed by atoms with E-state index in [1.165, 1.54) is 5.56 Å². The first-order valence-corrected chi connectivity index (χ1v) is 4.21. The number of benzene rings is 1. The summed E-state index contributed by atoms with van der Waals surface area (Å²) in [5.74, 6) is 0.591. The van der Waals surface area contributed by atoms with Crippen molar-refractivity contribution in [1.29, 1.82) is 0 Å². The molecule has 1 heteroatoms. The standard InChI is InChI=1S/C11H14N/c1-4-12-11-7-5-10(6-8-11)9(2)3/h5-9H,1-3H3. The van der Waals surface area contributed by atoms with Gasteiger partial charge in [0.05, 0.1) is 11.9 Å². The molecule has 0 atom stereocenters. The highest BCUT2D eigenvalue weighted by atomic mass is 14.7. The lowest BCUT2D eigenvalue weighted by molar-refractivity contribution is 0.867. The molecule has 0 N–H and O–H groups in total. The van der Waals surface area contributed by atoms with Crippen molar-refractivity contribution in [2.45, 2.75) is 26.7 Å². The van der Waals surface area contributed by atoms with Crippen LogP contribution in [-0.2, 0) is 0 Å². The maximum absolute atomic E-state index is 4.06. The largest absolute Gasteiger partial charge is 0.252 e. The van der Waals surface area contributed by atoms with Gasteiger partial charge in [-0.05, 0) is 30.5 Å². The molecular formula is C11H14N. The third-order valence-corrected chi connectivity index (χ3v) is 1.80. The number of rotatable bonds is 2. The number of hydrogen-bond acceptors (Lipinski definition) is 1. The van der Waals surface area contributed by atoms with Crippen molar-refractivity contribution in [3.8, 4) is 0 Å². The van der Waals surface area contributed by atoms with Crippen LogP contribution in [0.2, 0.25) is 0 Å². The molecule has 0 fully saturated rings. The van der Waals surface area contributed by atoms with E-state index in [1.54, 1.807) is 6.92 Å². The predicted molar refractivity (Wildman–Crippen MR) is 53.3 cm³/mol. The molecule has 1 radical (unpaired) electrons. The fraction of sp³-hybridized carbons (Fsp3) is 0.364. The summed E-state index contributed by atoms with van der Waals surface area (Å²) >= 11 is 0. The minimum Gasteiger partial charge on any atom is -0.252 e. The van der Waals surface area contributed by atoms with Crippen molar-refractivity contribution in [2.24, 2.45) is 4.99 Å². The molecule has 0 unspecified atom stereocenters. The fourth-order valence-electron chi connectivity index (χ4n) is 1.06. The van der Waals surface area contributed by atoms with Crippen LogP contribution in [0.3, 0.4) is 0 Å². The Bertz CT molecular complexity index is 257. The second-order valence-corrected chi connectivity index (χ2v) is 3.08. The van der Waals surface area contributed by atoms with Crippen LogP contribution in [-0.4, -0.2) is 6.21 Å². The minimum absolute atomic E-state index is 0.591. The summed E-state index contributed by atoms with van der Waals surface area (Å²) in [5, 5.41) is 0. The molecule has 0 bridgehead atoms. The zero-order chi connectivity index (χ0) is 8.97. The molecule has 1 aromatic carbocycles. The Hall–Kier alpha value is -1.11. The van der Waals surface area contributed by atoms with E-state index >= 15 is 0 Å². The molecular weight excluding hydrogens is 146 g/mol. The van der Waals surface area contributed by atoms with Gasteiger partial charge in [0.15, 0.2) is 0 Å². The van der Waals surface area contributed by atoms with Gasteiger partial charge in [-0.1, -0.05) is 26.0 Å². The van der Waals surface area contributed by atoms with Crippen LogP contribution in [0.25, 0.3) is 0 Å². The summed E-state index contributed by atoms with van der Waals surface area (Å²) in [6.07, 6.45) is 2.76. The Kier molecular flexibility index (Phi) is 3.03. The van der Waals surface area contributed by atoms with Crippen LogP contribution < -0.4 is 0 Å². The van der Waals surface area contributed by atoms with Crippen LogP contribution in [0.5, 0.6) is 0 Å². The van der Waals surface area contributed by atoms with Crippen molar-refractivity contribution in [1.82, 2.24) is 0 Å². The zero-order valence-electron chi connectivity index (χ0n) is 7.83. The Morgan fingerprint density at radius 1 is 1.17 bits per heavy atom. The lowest BCUT2D eigenvalue weighted by Crippen LogP contribution is -1.84. The second-order valence-electron chi connectivity index (χ2n) is 3.08. The monoisotopic (exact) mass is 160 g/mol. The van der Waals surface area contributed by atoms with Crippen LogP contribution >= 0.6 is 0 Å². The van der Waals surface area contributed by atoms with Gasteiger partial charge in [0.1, 0.15) is 0 Å². The van der Waals surface area contributed by atoms with Crippen LogP contribution in [0.1, 0.15) is 32.3 Å². The van der Waals surface area contributed by atoms with E-state index in [2.05, 4.69) is 37.2 Å². The molecule has 0 aliphatic rings. The molecule has 1 aromatic rings. The Labute approximate surface area is 74.2 Å². The first-order valence-electron chi connectivity index (χ1n) is 4.21. The van der Waals surface area contributed by atoms with Gasteiger partial charge in [-0.3, -0.25) is 4.99 Å². The van der Waals surface area contributed by atoms with E-state index in [4.69, 9.17) is 0 Å². The first kappa shape index (κ1) is 8.98. The van der Waals surface area contributed by atoms with E-state index in [0.717, 1.165) is 5.69 Å². The smallest absolute Gasteiger partial charge is 0.0633 e. The van der Waals surface area contributed by atoms with Crippen LogP contribution in [0.4, 0.5) is 5.69 Å². The summed E-state index contributed by atoms with van der Waals surface area (Å²) in [6, 6.07) is 8.26. The molecule has 0 heterocycles. The summed E-state index contributed by atoms with van der Waals surface area (Å²) < 4.78 is 0. The average Bonchev–Trinajstić information content (AvgIpc) is 2.06. The number of nitrogens with zero attached hydrogens (tertiary/aromatic N) is 1. The molecule has 0 spiro atoms. The molecule has 1 nitrogen and oxygen atoms in total. The second kappa shape index (κ2) is 4.05. The van der Waals surface area contributed by atoms with Gasteiger partial charge in [-0.15, -0.1) is 0 Å². The summed E-state index contributed by atoms with van der Waals surface area (Å²) in [7, 11) is 0. The van der Waals surface area contributed by atoms with Crippen molar-refractivity contribution in [3.05, 3.63) is 29.8 Å². The van der Waals surface area contributed by atoms with E-state index in [0.29, 0.717) is 5.92 Å². The van der Waals surface area contributed by atoms with Gasteiger partial charge in [0.25, 0.3) is 0 Å². The van der Waals surface area contributed by atoms with Crippen molar-refractivity contribution < 1.29 is 0 Å². The Balaban J connectivity index is 2.85. The lowest BCUT2D eigenvalue weighted by atomic mass is 10.0. The highest BCUT2D eigenvalue weighted by Crippen LogP contribution is 2.18. The summed E-state index contributed by atoms with van der Waals surface area (Å²) in [5.41, 5.74) is 2.33. The molecule has 0 saturated carbocycles. The minimum atomic E-state index is 0.591. The summed E-state index contributed by atoms with van der Waals surface area (Å²) in [4.78, 5) is 4.06. The third-order valence-electron chi connectivity index (χ3n) is 1.80. The number of aliphatic imine (C=N–C) groups is 1. The van der Waals surface area contributed by atoms with E-state index in [-0.39, 0.29) is 0 Å². The van der Waals surface area contributed by atoms with E-state index in [9.17, 15) is 0 Å². The number of hydrogen-bond donors (Lipinski definition) is 0. The van der Waals surface area contributed by atoms with Gasteiger partial charge in [-0.2, -0.15) is 0 Å². The molecule has 0 amide bonds. The maximum Gasteiger partial charge on any atom is 0.0633 e. The highest BCUT2D eigenvalue weighted by Gasteiger charge is 1.96. The van der Waals surface area contributed by atoms with Crippen molar-refractivity contribution >= 4 is 11.9 Å². The van der Waals surface area contributed by atoms with Crippen LogP contribution in [0.15, 0.2) is 29.3 Å². The predicted octanol–water partition coefficient (Wildman–Crippen LogP) is 3.41. The van der Waals surface area contributed by atoms with E-state index < -0.39 is 0 Å². The van der Waals surface area contributed by atoms with Crippen molar-refractivity contribution in [2.75, 3.05) is 0 Å². The van der Waals surface area contributed by atoms with Gasteiger partial charge < -0.3 is 0 Å². The van der Waals surface area contributed by atoms with Gasteiger partial charge in [-0.25, -0.2) is 0 Å². The van der Waals surface area contributed by atoms with Crippen molar-refractivity contribution in [3.63, 3.8) is 0 Å². The normalized spacial score (nSPS) is 11.3. The fourth-order valence-corrected chi connectivity index (χ4v) is 1.06. The average molecular weight is 160 g/mol. The molecule has 63 valence electrons. The van der Waals surface area contributed by atoms with E-state index in [1.807, 2.05) is 12.1 Å². The summed E-state index contributed by atoms with van der Waals surface area (Å²) in [6.45, 7) is 6.17. The SMILES string of the molecule is C[C]=Nc1ccc(C(C)C)cc1. The Morgan fingerprint density at radius 2 is 1.75 bits per heavy atom. The van der Waals surface area contributed by atoms with Gasteiger partial charge in [0, 0.05) is 0 Å². The maximum atomic E-state index is 4.06. The van der Waals surface area contributed by atoms with Crippen LogP contribution in [0, 0.1) is 0 Å². The lowest BCUT2D eigenvalue weighted by Gasteiger charge is -2.03. The Morgan fingerprint density at radius 3 is 2.17 bits per heavy atom. The third kappa shape index (κ3) is 2.19. The molecule has 0 aromatic heterocycles. The highest BCUT2D eigenvalue weighted by molar-refractivity contribution is 5.60. The molecule has 12 heavy (non-hydrogen) atoms. The molecule has 0 aliphatic heterocycles. The quantitative estimate of drug-likeness (QED) is 0.588. The van der Waals surface area contributed by atoms with Gasteiger partial charge in [0.2, 0.25) is 0 Å². The van der Waals surface area contributed by atoms with Gasteiger partial charge >= 0.3 is 0 Å². The zero-order valence-corrected chi connectivity index (χ0v) is 7.83. The topological polar surface area (TPSA) is 12.4 Å². The first-order chi connectivity index (χ1) is 5.74. The molecule has 0 aliphatic carbocycles.